The van der Waals surface area contributed by atoms with Gasteiger partial charge in [-0.15, -0.1) is 0 Å². The van der Waals surface area contributed by atoms with Gasteiger partial charge in [0, 0.05) is 12.7 Å². The maximum atomic E-state index is 11.9. The Labute approximate surface area is 118 Å². The minimum atomic E-state index is -0.784. The van der Waals surface area contributed by atoms with Crippen LogP contribution in [0.2, 0.25) is 0 Å². The number of ether oxygens (including phenoxy) is 3. The molecular weight excluding hydrogens is 262 g/mol. The van der Waals surface area contributed by atoms with E-state index in [2.05, 4.69) is 9.72 Å². The van der Waals surface area contributed by atoms with E-state index >= 15 is 0 Å². The summed E-state index contributed by atoms with van der Waals surface area (Å²) in [6, 6.07) is 1.40. The summed E-state index contributed by atoms with van der Waals surface area (Å²) in [5.41, 5.74) is 0.0607. The van der Waals surface area contributed by atoms with Crippen molar-refractivity contribution in [2.45, 2.75) is 26.4 Å². The van der Waals surface area contributed by atoms with Crippen LogP contribution in [0.25, 0.3) is 0 Å². The third kappa shape index (κ3) is 2.96. The van der Waals surface area contributed by atoms with Crippen LogP contribution in [0.4, 0.5) is 0 Å². The molecule has 0 N–H and O–H groups in total. The maximum Gasteiger partial charge on any atom is 0.356 e. The highest BCUT2D eigenvalue weighted by Crippen LogP contribution is 2.34. The van der Waals surface area contributed by atoms with E-state index in [0.717, 1.165) is 0 Å². The van der Waals surface area contributed by atoms with Crippen molar-refractivity contribution in [1.29, 1.82) is 0 Å². The average molecular weight is 281 g/mol. The lowest BCUT2D eigenvalue weighted by Gasteiger charge is -2.27. The zero-order valence-corrected chi connectivity index (χ0v) is 12.6. The van der Waals surface area contributed by atoms with Crippen LogP contribution in [-0.4, -0.2) is 38.1 Å². The third-order valence-corrected chi connectivity index (χ3v) is 3.07. The smallest absolute Gasteiger partial charge is 0.356 e. The van der Waals surface area contributed by atoms with Crippen LogP contribution in [0.3, 0.4) is 0 Å². The maximum absolute atomic E-state index is 11.9. The van der Waals surface area contributed by atoms with E-state index in [4.69, 9.17) is 9.47 Å². The average Bonchev–Trinajstić information content (AvgIpc) is 2.44. The fourth-order valence-corrected chi connectivity index (χ4v) is 1.84. The molecule has 0 radical (unpaired) electrons. The van der Waals surface area contributed by atoms with Crippen LogP contribution in [0.15, 0.2) is 6.07 Å². The molecule has 0 amide bonds. The highest BCUT2D eigenvalue weighted by molar-refractivity contribution is 5.99. The number of Topliss-reactive ketones (excluding diaryl/α,β-unsaturated/α-hetero) is 1. The molecule has 20 heavy (non-hydrogen) atoms. The molecule has 0 aliphatic carbocycles. The lowest BCUT2D eigenvalue weighted by Crippen LogP contribution is -2.25. The van der Waals surface area contributed by atoms with Crippen molar-refractivity contribution in [2.24, 2.45) is 0 Å². The third-order valence-electron chi connectivity index (χ3n) is 3.07. The first-order chi connectivity index (χ1) is 9.28. The molecule has 0 atom stereocenters. The molecule has 0 spiro atoms. The molecule has 1 aromatic heterocycles. The lowest BCUT2D eigenvalue weighted by molar-refractivity contribution is 0.0159. The highest BCUT2D eigenvalue weighted by atomic mass is 16.5. The Morgan fingerprint density at radius 3 is 2.20 bits per heavy atom. The monoisotopic (exact) mass is 281 g/mol. The second-order valence-electron chi connectivity index (χ2n) is 4.70. The summed E-state index contributed by atoms with van der Waals surface area (Å²) in [6.45, 7) is 4.98. The van der Waals surface area contributed by atoms with Crippen LogP contribution in [0.5, 0.6) is 5.88 Å². The highest BCUT2D eigenvalue weighted by Gasteiger charge is 2.31. The van der Waals surface area contributed by atoms with Gasteiger partial charge in [-0.25, -0.2) is 9.78 Å². The molecule has 0 bridgehead atoms. The normalized spacial score (nSPS) is 11.1. The Kier molecular flexibility index (Phi) is 4.83. The predicted molar refractivity (Wildman–Crippen MR) is 72.2 cm³/mol. The van der Waals surface area contributed by atoms with Crippen LogP contribution >= 0.6 is 0 Å². The number of carbonyl (C=O) groups excluding carboxylic acids is 2. The van der Waals surface area contributed by atoms with Crippen molar-refractivity contribution in [3.8, 4) is 5.88 Å². The van der Waals surface area contributed by atoms with Gasteiger partial charge in [-0.05, 0) is 26.8 Å². The van der Waals surface area contributed by atoms with Crippen molar-refractivity contribution in [3.63, 3.8) is 0 Å². The molecule has 1 rings (SSSR count). The van der Waals surface area contributed by atoms with Gasteiger partial charge in [-0.2, -0.15) is 0 Å². The molecule has 1 heterocycles. The summed E-state index contributed by atoms with van der Waals surface area (Å²) >= 11 is 0. The molecule has 0 fully saturated rings. The summed E-state index contributed by atoms with van der Waals surface area (Å²) in [4.78, 5) is 27.6. The van der Waals surface area contributed by atoms with Crippen molar-refractivity contribution in [1.82, 2.24) is 4.98 Å². The minimum absolute atomic E-state index is 0.0187. The van der Waals surface area contributed by atoms with Gasteiger partial charge in [-0.3, -0.25) is 4.79 Å². The largest absolute Gasteiger partial charge is 0.481 e. The van der Waals surface area contributed by atoms with Crippen molar-refractivity contribution < 1.29 is 23.8 Å². The number of hydrogen-bond donors (Lipinski definition) is 0. The predicted octanol–water partition coefficient (Wildman–Crippen LogP) is 1.96. The molecule has 0 aliphatic heterocycles. The van der Waals surface area contributed by atoms with Gasteiger partial charge in [0.1, 0.15) is 0 Å². The quantitative estimate of drug-likeness (QED) is 0.606. The number of aromatic nitrogens is 1. The van der Waals surface area contributed by atoms with Gasteiger partial charge in [0.25, 0.3) is 0 Å². The summed E-state index contributed by atoms with van der Waals surface area (Å²) in [5, 5.41) is 0. The number of ketones is 1. The molecule has 6 heteroatoms. The number of nitrogens with zero attached hydrogens (tertiary/aromatic N) is 1. The number of rotatable bonds is 5. The van der Waals surface area contributed by atoms with E-state index in [9.17, 15) is 9.59 Å². The van der Waals surface area contributed by atoms with E-state index in [1.165, 1.54) is 34.3 Å². The van der Waals surface area contributed by atoms with Gasteiger partial charge in [0.2, 0.25) is 5.88 Å². The summed E-state index contributed by atoms with van der Waals surface area (Å²) in [6.07, 6.45) is 0. The lowest BCUT2D eigenvalue weighted by atomic mass is 9.91. The second-order valence-corrected chi connectivity index (χ2v) is 4.70. The van der Waals surface area contributed by atoms with Crippen molar-refractivity contribution >= 4 is 11.8 Å². The Bertz CT molecular complexity index is 537. The van der Waals surface area contributed by atoms with Crippen molar-refractivity contribution in [3.05, 3.63) is 22.9 Å². The van der Waals surface area contributed by atoms with Crippen molar-refractivity contribution in [2.75, 3.05) is 21.3 Å². The van der Waals surface area contributed by atoms with Gasteiger partial charge in [0.15, 0.2) is 11.5 Å². The molecule has 0 saturated carbocycles. The fourth-order valence-electron chi connectivity index (χ4n) is 1.84. The van der Waals surface area contributed by atoms with Crippen LogP contribution in [0.1, 0.15) is 47.2 Å². The van der Waals surface area contributed by atoms with Gasteiger partial charge in [0.05, 0.1) is 25.4 Å². The van der Waals surface area contributed by atoms with Gasteiger partial charge >= 0.3 is 5.97 Å². The molecule has 0 aromatic carbocycles. The molecule has 0 unspecified atom stereocenters. The summed E-state index contributed by atoms with van der Waals surface area (Å²) in [7, 11) is 4.19. The van der Waals surface area contributed by atoms with Crippen LogP contribution in [0, 0.1) is 0 Å². The molecular formula is C14H19NO5. The van der Waals surface area contributed by atoms with Crippen LogP contribution in [-0.2, 0) is 15.1 Å². The SMILES string of the molecule is COC(=O)c1cc(C(C)=O)c(C(C)(C)OC)c(OC)n1. The minimum Gasteiger partial charge on any atom is -0.481 e. The van der Waals surface area contributed by atoms with E-state index < -0.39 is 11.6 Å². The number of methoxy groups -OCH3 is 3. The van der Waals surface area contributed by atoms with E-state index in [-0.39, 0.29) is 17.4 Å². The van der Waals surface area contributed by atoms with Crippen LogP contribution < -0.4 is 4.74 Å². The molecule has 1 aromatic rings. The Balaban J connectivity index is 3.65. The number of carbonyl (C=O) groups is 2. The molecule has 0 aliphatic rings. The van der Waals surface area contributed by atoms with Gasteiger partial charge in [-0.1, -0.05) is 0 Å². The first kappa shape index (κ1) is 16.1. The Morgan fingerprint density at radius 2 is 1.80 bits per heavy atom. The first-order valence-corrected chi connectivity index (χ1v) is 6.02. The standard InChI is InChI=1S/C14H19NO5/c1-8(16)9-7-10(13(17)19-5)15-12(18-4)11(9)14(2,3)20-6/h7H,1-6H3. The Hall–Kier alpha value is -1.95. The zero-order chi connectivity index (χ0) is 15.5. The summed E-state index contributed by atoms with van der Waals surface area (Å²) < 4.78 is 15.2. The van der Waals surface area contributed by atoms with E-state index in [0.29, 0.717) is 11.1 Å². The first-order valence-electron chi connectivity index (χ1n) is 6.02. The number of pyridine rings is 1. The Morgan fingerprint density at radius 1 is 1.20 bits per heavy atom. The molecule has 6 nitrogen and oxygen atoms in total. The molecule has 0 saturated heterocycles. The van der Waals surface area contributed by atoms with E-state index in [1.54, 1.807) is 13.8 Å². The van der Waals surface area contributed by atoms with E-state index in [1.807, 2.05) is 0 Å². The second kappa shape index (κ2) is 6.00. The fraction of sp³-hybridized carbons (Fsp3) is 0.500. The topological polar surface area (TPSA) is 74.7 Å². The number of hydrogen-bond acceptors (Lipinski definition) is 6. The molecule has 110 valence electrons. The summed E-state index contributed by atoms with van der Waals surface area (Å²) in [5.74, 6) is -0.673. The van der Waals surface area contributed by atoms with Gasteiger partial charge < -0.3 is 14.2 Å². The zero-order valence-electron chi connectivity index (χ0n) is 12.6. The number of esters is 1.